The van der Waals surface area contributed by atoms with E-state index in [0.29, 0.717) is 20.6 Å². The Morgan fingerprint density at radius 1 is 1.23 bits per heavy atom. The third kappa shape index (κ3) is 3.46. The second kappa shape index (κ2) is 8.11. The van der Waals surface area contributed by atoms with E-state index in [1.165, 1.54) is 18.4 Å². The zero-order chi connectivity index (χ0) is 22.3. The summed E-state index contributed by atoms with van der Waals surface area (Å²) in [6, 6.07) is 8.90. The molecule has 0 N–H and O–H groups in total. The highest BCUT2D eigenvalue weighted by molar-refractivity contribution is 7.07. The number of aromatic nitrogens is 3. The molecule has 2 aromatic heterocycles. The monoisotopic (exact) mass is 436 g/mol. The number of carbonyl (C=O) groups excluding carboxylic acids is 1. The summed E-state index contributed by atoms with van der Waals surface area (Å²) >= 11 is 1.32. The molecule has 0 radical (unpaired) electrons. The predicted molar refractivity (Wildman–Crippen MR) is 120 cm³/mol. The first-order valence-electron chi connectivity index (χ1n) is 10.1. The zero-order valence-electron chi connectivity index (χ0n) is 18.2. The molecule has 0 amide bonds. The third-order valence-corrected chi connectivity index (χ3v) is 6.54. The van der Waals surface area contributed by atoms with Crippen LogP contribution in [0.25, 0.3) is 6.08 Å². The Morgan fingerprint density at radius 3 is 2.55 bits per heavy atom. The lowest BCUT2D eigenvalue weighted by Gasteiger charge is -2.24. The third-order valence-electron chi connectivity index (χ3n) is 5.55. The SMILES string of the molecule is CCn1nc(C)c(/C=c2\sc3n(c2=O)C(c2ccccc2)C(C(=O)OC)=C(C)N=3)c1C. The van der Waals surface area contributed by atoms with E-state index in [0.717, 1.165) is 29.1 Å². The van der Waals surface area contributed by atoms with Crippen molar-refractivity contribution in [2.45, 2.75) is 40.3 Å². The first kappa shape index (κ1) is 21.0. The second-order valence-corrected chi connectivity index (χ2v) is 8.39. The van der Waals surface area contributed by atoms with Gasteiger partial charge in [-0.1, -0.05) is 41.7 Å². The van der Waals surface area contributed by atoms with Crippen molar-refractivity contribution < 1.29 is 9.53 Å². The van der Waals surface area contributed by atoms with Gasteiger partial charge in [0.05, 0.1) is 34.6 Å². The fourth-order valence-electron chi connectivity index (χ4n) is 4.00. The summed E-state index contributed by atoms with van der Waals surface area (Å²) in [7, 11) is 1.34. The Labute approximate surface area is 183 Å². The Bertz CT molecular complexity index is 1380. The quantitative estimate of drug-likeness (QED) is 0.588. The van der Waals surface area contributed by atoms with E-state index >= 15 is 0 Å². The van der Waals surface area contributed by atoms with Crippen molar-refractivity contribution in [2.75, 3.05) is 7.11 Å². The molecule has 8 heteroatoms. The van der Waals surface area contributed by atoms with Crippen molar-refractivity contribution >= 4 is 23.4 Å². The molecule has 1 aromatic carbocycles. The average Bonchev–Trinajstić information content (AvgIpc) is 3.23. The van der Waals surface area contributed by atoms with Crippen molar-refractivity contribution in [1.82, 2.24) is 14.3 Å². The number of hydrogen-bond donors (Lipinski definition) is 0. The van der Waals surface area contributed by atoms with Crippen LogP contribution in [0, 0.1) is 13.8 Å². The van der Waals surface area contributed by atoms with Gasteiger partial charge in [0, 0.05) is 17.8 Å². The smallest absolute Gasteiger partial charge is 0.338 e. The predicted octanol–water partition coefficient (Wildman–Crippen LogP) is 2.24. The molecule has 0 saturated heterocycles. The summed E-state index contributed by atoms with van der Waals surface area (Å²) in [5, 5.41) is 4.55. The molecule has 1 atom stereocenters. The molecule has 1 aliphatic rings. The van der Waals surface area contributed by atoms with Gasteiger partial charge in [0.15, 0.2) is 4.80 Å². The Balaban J connectivity index is 1.99. The lowest BCUT2D eigenvalue weighted by atomic mass is 9.96. The van der Waals surface area contributed by atoms with Gasteiger partial charge in [-0.3, -0.25) is 14.0 Å². The van der Waals surface area contributed by atoms with Crippen LogP contribution < -0.4 is 14.9 Å². The van der Waals surface area contributed by atoms with Crippen LogP contribution in [0.5, 0.6) is 0 Å². The molecule has 0 bridgehead atoms. The molecule has 160 valence electrons. The van der Waals surface area contributed by atoms with Crippen LogP contribution in [-0.2, 0) is 16.1 Å². The summed E-state index contributed by atoms with van der Waals surface area (Å²) in [5.41, 5.74) is 4.39. The van der Waals surface area contributed by atoms with Gasteiger partial charge in [-0.25, -0.2) is 9.79 Å². The molecular formula is C23H24N4O3S. The number of fused-ring (bicyclic) bond motifs is 1. The van der Waals surface area contributed by atoms with Gasteiger partial charge >= 0.3 is 5.97 Å². The molecule has 0 aliphatic carbocycles. The molecular weight excluding hydrogens is 412 g/mol. The number of ether oxygens (including phenoxy) is 1. The number of allylic oxidation sites excluding steroid dienone is 1. The highest BCUT2D eigenvalue weighted by atomic mass is 32.1. The van der Waals surface area contributed by atoms with Crippen molar-refractivity contribution in [3.8, 4) is 0 Å². The molecule has 1 aliphatic heterocycles. The molecule has 1 unspecified atom stereocenters. The van der Waals surface area contributed by atoms with E-state index in [9.17, 15) is 9.59 Å². The van der Waals surface area contributed by atoms with Crippen LogP contribution >= 0.6 is 11.3 Å². The maximum atomic E-state index is 13.5. The number of esters is 1. The lowest BCUT2D eigenvalue weighted by molar-refractivity contribution is -0.136. The van der Waals surface area contributed by atoms with Gasteiger partial charge in [0.2, 0.25) is 0 Å². The van der Waals surface area contributed by atoms with Gasteiger partial charge < -0.3 is 4.74 Å². The van der Waals surface area contributed by atoms with Gasteiger partial charge in [0.25, 0.3) is 5.56 Å². The summed E-state index contributed by atoms with van der Waals surface area (Å²) < 4.78 is 9.10. The fourth-order valence-corrected chi connectivity index (χ4v) is 5.03. The summed E-state index contributed by atoms with van der Waals surface area (Å²) in [6.45, 7) is 8.51. The standard InChI is InChI=1S/C23H24N4O3S/c1-6-26-15(4)17(13(2)25-26)12-18-21(28)27-20(16-10-8-7-9-11-16)19(22(29)30-5)14(3)24-23(27)31-18/h7-12,20H,6H2,1-5H3/b18-12-. The number of rotatable bonds is 4. The number of aryl methyl sites for hydroxylation is 2. The van der Waals surface area contributed by atoms with E-state index in [4.69, 9.17) is 4.74 Å². The summed E-state index contributed by atoms with van der Waals surface area (Å²) in [5.74, 6) is -0.486. The van der Waals surface area contributed by atoms with Gasteiger partial charge in [-0.15, -0.1) is 0 Å². The Hall–Kier alpha value is -3.26. The van der Waals surface area contributed by atoms with Crippen LogP contribution in [-0.4, -0.2) is 27.4 Å². The van der Waals surface area contributed by atoms with Crippen LogP contribution in [0.2, 0.25) is 0 Å². The topological polar surface area (TPSA) is 78.5 Å². The Kier molecular flexibility index (Phi) is 5.49. The number of thiazole rings is 1. The van der Waals surface area contributed by atoms with Crippen LogP contribution in [0.15, 0.2) is 51.4 Å². The lowest BCUT2D eigenvalue weighted by Crippen LogP contribution is -2.39. The minimum Gasteiger partial charge on any atom is -0.466 e. The molecule has 0 fully saturated rings. The molecule has 0 spiro atoms. The minimum atomic E-state index is -0.590. The first-order chi connectivity index (χ1) is 14.9. The normalized spacial score (nSPS) is 16.3. The van der Waals surface area contributed by atoms with Crippen LogP contribution in [0.1, 0.15) is 42.4 Å². The summed E-state index contributed by atoms with van der Waals surface area (Å²) in [4.78, 5) is 31.3. The molecule has 31 heavy (non-hydrogen) atoms. The van der Waals surface area contributed by atoms with E-state index < -0.39 is 12.0 Å². The second-order valence-electron chi connectivity index (χ2n) is 7.38. The fraction of sp³-hybridized carbons (Fsp3) is 0.304. The number of benzene rings is 1. The molecule has 3 aromatic rings. The first-order valence-corrected chi connectivity index (χ1v) is 10.9. The van der Waals surface area contributed by atoms with Gasteiger partial charge in [-0.2, -0.15) is 5.10 Å². The maximum Gasteiger partial charge on any atom is 0.338 e. The van der Waals surface area contributed by atoms with Gasteiger partial charge in [-0.05, 0) is 39.3 Å². The van der Waals surface area contributed by atoms with Crippen molar-refractivity contribution in [1.29, 1.82) is 0 Å². The van der Waals surface area contributed by atoms with Crippen LogP contribution in [0.4, 0.5) is 0 Å². The van der Waals surface area contributed by atoms with Crippen LogP contribution in [0.3, 0.4) is 0 Å². The molecule has 3 heterocycles. The van der Waals surface area contributed by atoms with E-state index in [2.05, 4.69) is 10.1 Å². The Morgan fingerprint density at radius 2 is 1.94 bits per heavy atom. The maximum absolute atomic E-state index is 13.5. The molecule has 7 nitrogen and oxygen atoms in total. The highest BCUT2D eigenvalue weighted by Crippen LogP contribution is 2.30. The molecule has 4 rings (SSSR count). The summed E-state index contributed by atoms with van der Waals surface area (Å²) in [6.07, 6.45) is 1.88. The van der Waals surface area contributed by atoms with Crippen molar-refractivity contribution in [2.24, 2.45) is 4.99 Å². The number of nitrogens with zero attached hydrogens (tertiary/aromatic N) is 4. The minimum absolute atomic E-state index is 0.186. The van der Waals surface area contributed by atoms with E-state index in [1.54, 1.807) is 11.5 Å². The number of hydrogen-bond acceptors (Lipinski definition) is 6. The van der Waals surface area contributed by atoms with E-state index in [-0.39, 0.29) is 5.56 Å². The largest absolute Gasteiger partial charge is 0.466 e. The average molecular weight is 437 g/mol. The number of methoxy groups -OCH3 is 1. The van der Waals surface area contributed by atoms with E-state index in [1.807, 2.05) is 61.9 Å². The van der Waals surface area contributed by atoms with Crippen molar-refractivity contribution in [3.63, 3.8) is 0 Å². The highest BCUT2D eigenvalue weighted by Gasteiger charge is 2.32. The zero-order valence-corrected chi connectivity index (χ0v) is 19.0. The van der Waals surface area contributed by atoms with Gasteiger partial charge in [0.1, 0.15) is 0 Å². The number of carbonyl (C=O) groups is 1. The molecule has 0 saturated carbocycles. The van der Waals surface area contributed by atoms with Crippen molar-refractivity contribution in [3.05, 3.63) is 83.8 Å².